The minimum Gasteiger partial charge on any atom is -0.308 e. The summed E-state index contributed by atoms with van der Waals surface area (Å²) in [6.45, 7) is 4.52. The standard InChI is InChI=1S/C11H21N/c1-3-10(4-2)12-11-8-6-5-7-9-11/h6,8,10-12H,3-5,7,9H2,1-2H3. The maximum absolute atomic E-state index is 3.67. The van der Waals surface area contributed by atoms with Crippen LogP contribution in [0.15, 0.2) is 12.2 Å². The molecule has 1 nitrogen and oxygen atoms in total. The smallest absolute Gasteiger partial charge is 0.0252 e. The third-order valence-corrected chi connectivity index (χ3v) is 2.69. The van der Waals surface area contributed by atoms with Gasteiger partial charge in [-0.2, -0.15) is 0 Å². The molecule has 0 bridgehead atoms. The van der Waals surface area contributed by atoms with Crippen LogP contribution in [0.25, 0.3) is 0 Å². The van der Waals surface area contributed by atoms with E-state index in [0.717, 1.165) is 6.04 Å². The first-order valence-corrected chi connectivity index (χ1v) is 5.29. The lowest BCUT2D eigenvalue weighted by molar-refractivity contribution is 0.419. The maximum atomic E-state index is 3.67. The van der Waals surface area contributed by atoms with E-state index < -0.39 is 0 Å². The third-order valence-electron chi connectivity index (χ3n) is 2.69. The molecule has 1 atom stereocenters. The Bertz CT molecular complexity index is 136. The van der Waals surface area contributed by atoms with E-state index in [1.807, 2.05) is 0 Å². The summed E-state index contributed by atoms with van der Waals surface area (Å²) >= 11 is 0. The van der Waals surface area contributed by atoms with Crippen LogP contribution < -0.4 is 5.32 Å². The van der Waals surface area contributed by atoms with Crippen LogP contribution >= 0.6 is 0 Å². The van der Waals surface area contributed by atoms with E-state index in [-0.39, 0.29) is 0 Å². The van der Waals surface area contributed by atoms with Crippen molar-refractivity contribution in [3.8, 4) is 0 Å². The molecule has 1 unspecified atom stereocenters. The van der Waals surface area contributed by atoms with Crippen LogP contribution in [0.3, 0.4) is 0 Å². The zero-order valence-electron chi connectivity index (χ0n) is 8.34. The average Bonchev–Trinajstić information content (AvgIpc) is 2.16. The van der Waals surface area contributed by atoms with Crippen molar-refractivity contribution in [3.05, 3.63) is 12.2 Å². The number of nitrogens with one attached hydrogen (secondary N) is 1. The Balaban J connectivity index is 2.28. The Kier molecular flexibility index (Phi) is 4.37. The summed E-state index contributed by atoms with van der Waals surface area (Å²) in [7, 11) is 0. The molecule has 0 heterocycles. The van der Waals surface area contributed by atoms with E-state index >= 15 is 0 Å². The van der Waals surface area contributed by atoms with Crippen molar-refractivity contribution >= 4 is 0 Å². The summed E-state index contributed by atoms with van der Waals surface area (Å²) in [5.74, 6) is 0. The van der Waals surface area contributed by atoms with E-state index in [1.54, 1.807) is 0 Å². The van der Waals surface area contributed by atoms with Gasteiger partial charge in [0.25, 0.3) is 0 Å². The molecule has 0 spiro atoms. The SMILES string of the molecule is CCC(CC)NC1C=CCCC1. The number of hydrogen-bond donors (Lipinski definition) is 1. The monoisotopic (exact) mass is 167 g/mol. The van der Waals surface area contributed by atoms with Gasteiger partial charge in [-0.1, -0.05) is 26.0 Å². The van der Waals surface area contributed by atoms with Crippen LogP contribution in [-0.2, 0) is 0 Å². The second-order valence-corrected chi connectivity index (χ2v) is 3.65. The van der Waals surface area contributed by atoms with Crippen molar-refractivity contribution in [2.24, 2.45) is 0 Å². The quantitative estimate of drug-likeness (QED) is 0.635. The van der Waals surface area contributed by atoms with Gasteiger partial charge in [-0.05, 0) is 32.1 Å². The molecule has 1 aliphatic carbocycles. The van der Waals surface area contributed by atoms with E-state index in [4.69, 9.17) is 0 Å². The molecule has 1 aliphatic rings. The van der Waals surface area contributed by atoms with Gasteiger partial charge in [0.15, 0.2) is 0 Å². The van der Waals surface area contributed by atoms with E-state index in [2.05, 4.69) is 31.3 Å². The molecule has 0 radical (unpaired) electrons. The molecule has 0 saturated carbocycles. The Morgan fingerprint density at radius 1 is 1.42 bits per heavy atom. The van der Waals surface area contributed by atoms with Gasteiger partial charge in [-0.25, -0.2) is 0 Å². The van der Waals surface area contributed by atoms with E-state index in [1.165, 1.54) is 32.1 Å². The molecule has 1 N–H and O–H groups in total. The molecule has 0 aliphatic heterocycles. The fourth-order valence-corrected chi connectivity index (χ4v) is 1.78. The van der Waals surface area contributed by atoms with Crippen LogP contribution in [0.1, 0.15) is 46.0 Å². The fraction of sp³-hybridized carbons (Fsp3) is 0.818. The predicted octanol–water partition coefficient (Wildman–Crippen LogP) is 2.87. The van der Waals surface area contributed by atoms with Crippen LogP contribution in [0.2, 0.25) is 0 Å². The molecule has 1 heteroatoms. The second-order valence-electron chi connectivity index (χ2n) is 3.65. The van der Waals surface area contributed by atoms with Crippen molar-refractivity contribution in [1.29, 1.82) is 0 Å². The molecular weight excluding hydrogens is 146 g/mol. The highest BCUT2D eigenvalue weighted by Gasteiger charge is 2.11. The lowest BCUT2D eigenvalue weighted by atomic mass is 10.0. The molecule has 0 aromatic carbocycles. The number of allylic oxidation sites excluding steroid dienone is 1. The highest BCUT2D eigenvalue weighted by Crippen LogP contribution is 2.11. The zero-order valence-corrected chi connectivity index (χ0v) is 8.34. The summed E-state index contributed by atoms with van der Waals surface area (Å²) < 4.78 is 0. The van der Waals surface area contributed by atoms with Gasteiger partial charge in [0.05, 0.1) is 0 Å². The normalized spacial score (nSPS) is 23.4. The minimum atomic E-state index is 0.656. The molecule has 0 aromatic heterocycles. The summed E-state index contributed by atoms with van der Waals surface area (Å²) in [6, 6.07) is 1.38. The van der Waals surface area contributed by atoms with Gasteiger partial charge in [0.2, 0.25) is 0 Å². The van der Waals surface area contributed by atoms with Crippen molar-refractivity contribution in [2.45, 2.75) is 58.0 Å². The number of hydrogen-bond acceptors (Lipinski definition) is 1. The zero-order chi connectivity index (χ0) is 8.81. The molecule has 0 saturated heterocycles. The van der Waals surface area contributed by atoms with Crippen LogP contribution in [0.4, 0.5) is 0 Å². The van der Waals surface area contributed by atoms with E-state index in [9.17, 15) is 0 Å². The third kappa shape index (κ3) is 2.98. The molecule has 12 heavy (non-hydrogen) atoms. The summed E-state index contributed by atoms with van der Waals surface area (Å²) in [4.78, 5) is 0. The van der Waals surface area contributed by atoms with Crippen molar-refractivity contribution in [1.82, 2.24) is 5.32 Å². The van der Waals surface area contributed by atoms with Gasteiger partial charge in [0, 0.05) is 12.1 Å². The predicted molar refractivity (Wildman–Crippen MR) is 54.3 cm³/mol. The molecule has 70 valence electrons. The van der Waals surface area contributed by atoms with Gasteiger partial charge >= 0.3 is 0 Å². The summed E-state index contributed by atoms with van der Waals surface area (Å²) in [5.41, 5.74) is 0. The van der Waals surface area contributed by atoms with Crippen LogP contribution in [0.5, 0.6) is 0 Å². The first-order valence-electron chi connectivity index (χ1n) is 5.29. The Morgan fingerprint density at radius 2 is 2.17 bits per heavy atom. The first-order chi connectivity index (χ1) is 5.86. The highest BCUT2D eigenvalue weighted by atomic mass is 14.9. The maximum Gasteiger partial charge on any atom is 0.0252 e. The molecule has 1 rings (SSSR count). The highest BCUT2D eigenvalue weighted by molar-refractivity contribution is 4.98. The topological polar surface area (TPSA) is 12.0 Å². The molecular formula is C11H21N. The van der Waals surface area contributed by atoms with Crippen molar-refractivity contribution in [3.63, 3.8) is 0 Å². The fourth-order valence-electron chi connectivity index (χ4n) is 1.78. The molecule has 0 aromatic rings. The Morgan fingerprint density at radius 3 is 2.67 bits per heavy atom. The molecule has 0 fully saturated rings. The van der Waals surface area contributed by atoms with E-state index in [0.29, 0.717) is 6.04 Å². The Hall–Kier alpha value is -0.300. The van der Waals surface area contributed by atoms with Gasteiger partial charge in [0.1, 0.15) is 0 Å². The summed E-state index contributed by atoms with van der Waals surface area (Å²) in [6.07, 6.45) is 11.1. The van der Waals surface area contributed by atoms with Crippen LogP contribution in [0, 0.1) is 0 Å². The van der Waals surface area contributed by atoms with Gasteiger partial charge in [-0.3, -0.25) is 0 Å². The van der Waals surface area contributed by atoms with Crippen molar-refractivity contribution < 1.29 is 0 Å². The Labute approximate surface area is 76.2 Å². The lowest BCUT2D eigenvalue weighted by Crippen LogP contribution is -2.37. The average molecular weight is 167 g/mol. The van der Waals surface area contributed by atoms with Gasteiger partial charge in [-0.15, -0.1) is 0 Å². The van der Waals surface area contributed by atoms with Crippen LogP contribution in [-0.4, -0.2) is 12.1 Å². The van der Waals surface area contributed by atoms with Crippen molar-refractivity contribution in [2.75, 3.05) is 0 Å². The second kappa shape index (κ2) is 5.36. The number of rotatable bonds is 4. The van der Waals surface area contributed by atoms with Gasteiger partial charge < -0.3 is 5.32 Å². The minimum absolute atomic E-state index is 0.656. The first kappa shape index (κ1) is 9.79. The largest absolute Gasteiger partial charge is 0.308 e. The summed E-state index contributed by atoms with van der Waals surface area (Å²) in [5, 5.41) is 3.67. The molecule has 0 amide bonds. The lowest BCUT2D eigenvalue weighted by Gasteiger charge is -2.23.